The highest BCUT2D eigenvalue weighted by Crippen LogP contribution is 2.33. The molecule has 2 heterocycles. The van der Waals surface area contributed by atoms with E-state index in [1.54, 1.807) is 11.9 Å². The molecule has 9 nitrogen and oxygen atoms in total. The number of hydrogen-bond donors (Lipinski definition) is 4. The smallest absolute Gasteiger partial charge is 0.416 e. The maximum atomic E-state index is 13.3. The molecule has 0 bridgehead atoms. The molecule has 2 atom stereocenters. The molecule has 2 unspecified atom stereocenters. The third-order valence-corrected chi connectivity index (χ3v) is 6.11. The van der Waals surface area contributed by atoms with Crippen LogP contribution in [0.3, 0.4) is 0 Å². The van der Waals surface area contributed by atoms with Gasteiger partial charge in [0.05, 0.1) is 17.5 Å². The van der Waals surface area contributed by atoms with Crippen molar-refractivity contribution in [1.29, 1.82) is 0 Å². The molecule has 2 aliphatic rings. The van der Waals surface area contributed by atoms with Crippen molar-refractivity contribution in [2.75, 3.05) is 26.7 Å². The average Bonchev–Trinajstić information content (AvgIpc) is 3.34. The summed E-state index contributed by atoms with van der Waals surface area (Å²) in [4.78, 5) is 28.5. The molecule has 0 spiro atoms. The van der Waals surface area contributed by atoms with E-state index in [0.29, 0.717) is 12.8 Å². The molecular formula is C21H26F3N5O4S. The number of benzene rings is 1. The summed E-state index contributed by atoms with van der Waals surface area (Å²) >= 11 is 1.52. The van der Waals surface area contributed by atoms with Crippen LogP contribution in [0, 0.1) is 0 Å². The Kier molecular flexibility index (Phi) is 8.20. The van der Waals surface area contributed by atoms with Gasteiger partial charge in [-0.3, -0.25) is 9.59 Å². The normalized spacial score (nSPS) is 19.9. The number of carbonyl (C=O) groups is 2. The Balaban J connectivity index is 1.91. The summed E-state index contributed by atoms with van der Waals surface area (Å²) in [7, 11) is 1.55. The highest BCUT2D eigenvalue weighted by molar-refractivity contribution is 8.03. The van der Waals surface area contributed by atoms with Crippen LogP contribution in [0.1, 0.15) is 18.9 Å². The minimum absolute atomic E-state index is 0.0635. The van der Waals surface area contributed by atoms with Crippen LogP contribution < -0.4 is 20.7 Å². The van der Waals surface area contributed by atoms with Gasteiger partial charge < -0.3 is 35.6 Å². The van der Waals surface area contributed by atoms with E-state index in [-0.39, 0.29) is 42.3 Å². The first-order valence-corrected chi connectivity index (χ1v) is 11.3. The monoisotopic (exact) mass is 501 g/mol. The van der Waals surface area contributed by atoms with Crippen LogP contribution in [-0.2, 0) is 15.8 Å². The molecular weight excluding hydrogens is 475 g/mol. The van der Waals surface area contributed by atoms with Crippen LogP contribution in [0.25, 0.3) is 0 Å². The summed E-state index contributed by atoms with van der Waals surface area (Å²) < 4.78 is 45.3. The lowest BCUT2D eigenvalue weighted by molar-refractivity contribution is -0.137. The number of aliphatic hydroxyl groups is 1. The summed E-state index contributed by atoms with van der Waals surface area (Å²) in [5.74, 6) is -0.444. The van der Waals surface area contributed by atoms with Gasteiger partial charge in [-0.25, -0.2) is 0 Å². The van der Waals surface area contributed by atoms with Crippen LogP contribution in [-0.4, -0.2) is 65.7 Å². The fraction of sp³-hybridized carbons (Fsp3) is 0.429. The Morgan fingerprint density at radius 2 is 2.18 bits per heavy atom. The van der Waals surface area contributed by atoms with E-state index in [9.17, 15) is 22.8 Å². The number of hydrogen-bond acceptors (Lipinski definition) is 8. The van der Waals surface area contributed by atoms with Gasteiger partial charge in [0.1, 0.15) is 17.3 Å². The third kappa shape index (κ3) is 6.08. The topological polar surface area (TPSA) is 106 Å². The van der Waals surface area contributed by atoms with Crippen LogP contribution in [0.15, 0.2) is 46.9 Å². The van der Waals surface area contributed by atoms with E-state index in [0.717, 1.165) is 17.0 Å². The van der Waals surface area contributed by atoms with Crippen molar-refractivity contribution in [3.8, 4) is 5.75 Å². The van der Waals surface area contributed by atoms with E-state index >= 15 is 0 Å². The maximum absolute atomic E-state index is 13.3. The summed E-state index contributed by atoms with van der Waals surface area (Å²) in [5, 5.41) is 17.4. The summed E-state index contributed by atoms with van der Waals surface area (Å²) in [5.41, 5.74) is -0.780. The van der Waals surface area contributed by atoms with Crippen molar-refractivity contribution < 1.29 is 32.6 Å². The molecule has 0 fully saturated rings. The van der Waals surface area contributed by atoms with E-state index in [4.69, 9.17) is 9.84 Å². The number of alkyl halides is 3. The largest absolute Gasteiger partial charge is 0.452 e. The zero-order valence-corrected chi connectivity index (χ0v) is 19.4. The highest BCUT2D eigenvalue weighted by Gasteiger charge is 2.40. The van der Waals surface area contributed by atoms with E-state index in [1.807, 2.05) is 13.1 Å². The molecule has 2 amide bonds. The van der Waals surface area contributed by atoms with Crippen LogP contribution in [0.5, 0.6) is 5.75 Å². The second-order valence-corrected chi connectivity index (χ2v) is 9.06. The Morgan fingerprint density at radius 3 is 2.79 bits per heavy atom. The molecule has 0 aromatic heterocycles. The quantitative estimate of drug-likeness (QED) is 0.358. The lowest BCUT2D eigenvalue weighted by atomic mass is 10.2. The number of thioether (sulfide) groups is 1. The fourth-order valence-corrected chi connectivity index (χ4v) is 4.40. The number of aliphatic hydroxyl groups excluding tert-OH is 1. The number of amides is 2. The highest BCUT2D eigenvalue weighted by atomic mass is 32.2. The molecule has 0 aliphatic carbocycles. The van der Waals surface area contributed by atoms with Gasteiger partial charge in [0, 0.05) is 26.4 Å². The van der Waals surface area contributed by atoms with Crippen molar-refractivity contribution in [3.63, 3.8) is 0 Å². The Hall–Kier alpha value is -3.06. The van der Waals surface area contributed by atoms with E-state index in [1.165, 1.54) is 28.8 Å². The fourth-order valence-electron chi connectivity index (χ4n) is 3.45. The van der Waals surface area contributed by atoms with Crippen LogP contribution in [0.2, 0.25) is 0 Å². The first-order valence-electron chi connectivity index (χ1n) is 10.4. The first-order chi connectivity index (χ1) is 16.1. The zero-order chi connectivity index (χ0) is 24.9. The SMILES string of the molecule is CC1=CNC(CN2C(C(=O)N(C)CCCO)=C(NC=O)NC2Oc2cccc(C(F)(F)F)c2)S1. The minimum Gasteiger partial charge on any atom is -0.452 e. The molecule has 3 rings (SSSR count). The molecule has 34 heavy (non-hydrogen) atoms. The summed E-state index contributed by atoms with van der Waals surface area (Å²) in [6.45, 7) is 2.30. The van der Waals surface area contributed by atoms with E-state index < -0.39 is 24.0 Å². The third-order valence-electron chi connectivity index (χ3n) is 5.05. The number of rotatable bonds is 10. The zero-order valence-electron chi connectivity index (χ0n) is 18.6. The maximum Gasteiger partial charge on any atom is 0.416 e. The molecule has 0 radical (unpaired) electrons. The number of likely N-dealkylation sites (N-methyl/N-ethyl adjacent to an activating group) is 1. The predicted octanol–water partition coefficient (Wildman–Crippen LogP) is 1.55. The number of halogens is 3. The van der Waals surface area contributed by atoms with Gasteiger partial charge in [-0.15, -0.1) is 11.8 Å². The number of ether oxygens (including phenoxy) is 1. The molecule has 4 N–H and O–H groups in total. The molecule has 186 valence electrons. The van der Waals surface area contributed by atoms with Crippen molar-refractivity contribution in [2.24, 2.45) is 0 Å². The second kappa shape index (κ2) is 10.9. The van der Waals surface area contributed by atoms with Crippen molar-refractivity contribution in [3.05, 3.63) is 52.5 Å². The Morgan fingerprint density at radius 1 is 1.41 bits per heavy atom. The standard InChI is InChI=1S/C21H26F3N5O4S/c1-13-10-25-16(34-13)11-29-17(19(32)28(2)7-4-8-30)18(26-12-31)27-20(29)33-15-6-3-5-14(9-15)21(22,23)24/h3,5-6,9-10,12,16,20,25,27,30H,4,7-8,11H2,1-2H3,(H,26,31). The molecule has 13 heteroatoms. The summed E-state index contributed by atoms with van der Waals surface area (Å²) in [6, 6.07) is 4.41. The van der Waals surface area contributed by atoms with Gasteiger partial charge in [-0.05, 0) is 36.4 Å². The number of carbonyl (C=O) groups excluding carboxylic acids is 2. The van der Waals surface area contributed by atoms with Gasteiger partial charge in [0.2, 0.25) is 6.41 Å². The van der Waals surface area contributed by atoms with E-state index in [2.05, 4.69) is 16.0 Å². The van der Waals surface area contributed by atoms with Gasteiger partial charge in [0.25, 0.3) is 12.3 Å². The Labute approximate surface area is 199 Å². The Bertz CT molecular complexity index is 972. The number of nitrogens with zero attached hydrogens (tertiary/aromatic N) is 2. The van der Waals surface area contributed by atoms with Gasteiger partial charge in [-0.2, -0.15) is 13.2 Å². The van der Waals surface area contributed by atoms with Gasteiger partial charge in [0.15, 0.2) is 0 Å². The van der Waals surface area contributed by atoms with Crippen LogP contribution in [0.4, 0.5) is 13.2 Å². The van der Waals surface area contributed by atoms with Gasteiger partial charge in [-0.1, -0.05) is 6.07 Å². The summed E-state index contributed by atoms with van der Waals surface area (Å²) in [6.07, 6.45) is -3.05. The number of allylic oxidation sites excluding steroid dienone is 1. The lowest BCUT2D eigenvalue weighted by Crippen LogP contribution is -2.48. The molecule has 0 saturated heterocycles. The molecule has 1 aromatic rings. The molecule has 0 saturated carbocycles. The molecule has 2 aliphatic heterocycles. The van der Waals surface area contributed by atoms with Crippen LogP contribution >= 0.6 is 11.8 Å². The minimum atomic E-state index is -4.55. The van der Waals surface area contributed by atoms with Crippen molar-refractivity contribution >= 4 is 24.1 Å². The van der Waals surface area contributed by atoms with Gasteiger partial charge >= 0.3 is 6.18 Å². The predicted molar refractivity (Wildman–Crippen MR) is 120 cm³/mol. The molecule has 1 aromatic carbocycles. The average molecular weight is 502 g/mol. The van der Waals surface area contributed by atoms with Crippen molar-refractivity contribution in [1.82, 2.24) is 25.8 Å². The van der Waals surface area contributed by atoms with Crippen molar-refractivity contribution in [2.45, 2.75) is 31.2 Å². The first kappa shape index (κ1) is 25.6. The lowest BCUT2D eigenvalue weighted by Gasteiger charge is -2.31. The second-order valence-electron chi connectivity index (χ2n) is 7.61. The number of nitrogens with one attached hydrogen (secondary N) is 3.